The predicted octanol–water partition coefficient (Wildman–Crippen LogP) is 3.74. The Kier molecular flexibility index (Phi) is 4.76. The summed E-state index contributed by atoms with van der Waals surface area (Å²) in [5.41, 5.74) is 0.592. The van der Waals surface area contributed by atoms with Gasteiger partial charge in [-0.15, -0.1) is 0 Å². The van der Waals surface area contributed by atoms with Crippen LogP contribution < -0.4 is 0 Å². The number of hydrogen-bond donors (Lipinski definition) is 0. The average Bonchev–Trinajstić information content (AvgIpc) is 2.18. The molecule has 2 nitrogen and oxygen atoms in total. The molecule has 0 N–H and O–H groups in total. The SMILES string of the molecule is CCCC(C)CC(=O)c1ccncc1Cl. The lowest BCUT2D eigenvalue weighted by atomic mass is 9.97. The van der Waals surface area contributed by atoms with E-state index in [4.69, 9.17) is 11.6 Å². The molecule has 0 saturated carbocycles. The Labute approximate surface area is 95.7 Å². The van der Waals surface area contributed by atoms with Crippen LogP contribution in [-0.2, 0) is 0 Å². The topological polar surface area (TPSA) is 30.0 Å². The van der Waals surface area contributed by atoms with Gasteiger partial charge >= 0.3 is 0 Å². The molecule has 1 atom stereocenters. The fourth-order valence-corrected chi connectivity index (χ4v) is 1.85. The Bertz CT molecular complexity index is 338. The Hall–Kier alpha value is -0.890. The minimum absolute atomic E-state index is 0.114. The summed E-state index contributed by atoms with van der Waals surface area (Å²) < 4.78 is 0. The van der Waals surface area contributed by atoms with Gasteiger partial charge in [0.15, 0.2) is 5.78 Å². The van der Waals surface area contributed by atoms with Crippen molar-refractivity contribution in [2.24, 2.45) is 5.92 Å². The van der Waals surface area contributed by atoms with Crippen LogP contribution in [0.1, 0.15) is 43.5 Å². The molecule has 0 aromatic carbocycles. The Morgan fingerprint density at radius 1 is 1.60 bits per heavy atom. The zero-order valence-corrected chi connectivity index (χ0v) is 9.92. The third-order valence-electron chi connectivity index (χ3n) is 2.39. The van der Waals surface area contributed by atoms with Crippen LogP contribution in [0.2, 0.25) is 5.02 Å². The second-order valence-corrected chi connectivity index (χ2v) is 4.28. The maximum absolute atomic E-state index is 11.8. The number of pyridine rings is 1. The second kappa shape index (κ2) is 5.86. The van der Waals surface area contributed by atoms with Gasteiger partial charge in [0.1, 0.15) is 0 Å². The highest BCUT2D eigenvalue weighted by atomic mass is 35.5. The van der Waals surface area contributed by atoms with Crippen molar-refractivity contribution >= 4 is 17.4 Å². The molecule has 0 aliphatic rings. The van der Waals surface area contributed by atoms with Gasteiger partial charge in [-0.25, -0.2) is 0 Å². The molecule has 0 radical (unpaired) electrons. The minimum atomic E-state index is 0.114. The monoisotopic (exact) mass is 225 g/mol. The maximum Gasteiger partial charge on any atom is 0.164 e. The first-order chi connectivity index (χ1) is 7.15. The average molecular weight is 226 g/mol. The van der Waals surface area contributed by atoms with Crippen LogP contribution in [0.3, 0.4) is 0 Å². The zero-order chi connectivity index (χ0) is 11.3. The van der Waals surface area contributed by atoms with E-state index in [1.54, 1.807) is 12.3 Å². The van der Waals surface area contributed by atoms with Gasteiger partial charge in [-0.2, -0.15) is 0 Å². The van der Waals surface area contributed by atoms with Crippen LogP contribution in [0.5, 0.6) is 0 Å². The molecule has 0 amide bonds. The van der Waals surface area contributed by atoms with Crippen molar-refractivity contribution < 1.29 is 4.79 Å². The van der Waals surface area contributed by atoms with Crippen molar-refractivity contribution in [1.29, 1.82) is 0 Å². The van der Waals surface area contributed by atoms with Crippen LogP contribution >= 0.6 is 11.6 Å². The van der Waals surface area contributed by atoms with Gasteiger partial charge in [0.05, 0.1) is 5.02 Å². The first-order valence-electron chi connectivity index (χ1n) is 5.27. The van der Waals surface area contributed by atoms with Crippen LogP contribution in [-0.4, -0.2) is 10.8 Å². The van der Waals surface area contributed by atoms with Gasteiger partial charge in [0.2, 0.25) is 0 Å². The second-order valence-electron chi connectivity index (χ2n) is 3.88. The van der Waals surface area contributed by atoms with Crippen LogP contribution in [0.4, 0.5) is 0 Å². The fraction of sp³-hybridized carbons (Fsp3) is 0.500. The summed E-state index contributed by atoms with van der Waals surface area (Å²) in [5.74, 6) is 0.537. The summed E-state index contributed by atoms with van der Waals surface area (Å²) in [6.45, 7) is 4.22. The van der Waals surface area contributed by atoms with Gasteiger partial charge in [0, 0.05) is 24.4 Å². The molecule has 0 bridgehead atoms. The highest BCUT2D eigenvalue weighted by Crippen LogP contribution is 2.19. The van der Waals surface area contributed by atoms with Crippen molar-refractivity contribution in [3.05, 3.63) is 29.0 Å². The largest absolute Gasteiger partial charge is 0.294 e. The van der Waals surface area contributed by atoms with Crippen molar-refractivity contribution in [3.8, 4) is 0 Å². The number of carbonyl (C=O) groups excluding carboxylic acids is 1. The number of rotatable bonds is 5. The normalized spacial score (nSPS) is 12.5. The Morgan fingerprint density at radius 3 is 2.93 bits per heavy atom. The van der Waals surface area contributed by atoms with Crippen LogP contribution in [0.15, 0.2) is 18.5 Å². The predicted molar refractivity (Wildman–Crippen MR) is 62.3 cm³/mol. The van der Waals surface area contributed by atoms with E-state index in [9.17, 15) is 4.79 Å². The number of ketones is 1. The van der Waals surface area contributed by atoms with Crippen molar-refractivity contribution in [2.45, 2.75) is 33.1 Å². The van der Waals surface area contributed by atoms with Crippen LogP contribution in [0, 0.1) is 5.92 Å². The van der Waals surface area contributed by atoms with Crippen molar-refractivity contribution in [3.63, 3.8) is 0 Å². The van der Waals surface area contributed by atoms with Gasteiger partial charge in [-0.3, -0.25) is 9.78 Å². The summed E-state index contributed by atoms with van der Waals surface area (Å²) in [6.07, 6.45) is 5.87. The number of aromatic nitrogens is 1. The number of halogens is 1. The molecule has 0 aliphatic carbocycles. The molecule has 0 fully saturated rings. The summed E-state index contributed by atoms with van der Waals surface area (Å²) in [6, 6.07) is 1.68. The highest BCUT2D eigenvalue weighted by Gasteiger charge is 2.13. The van der Waals surface area contributed by atoms with E-state index < -0.39 is 0 Å². The van der Waals surface area contributed by atoms with Gasteiger partial charge in [0.25, 0.3) is 0 Å². The third-order valence-corrected chi connectivity index (χ3v) is 2.69. The molecule has 1 unspecified atom stereocenters. The summed E-state index contributed by atoms with van der Waals surface area (Å²) in [4.78, 5) is 15.7. The number of Topliss-reactive ketones (excluding diaryl/α,β-unsaturated/α-hetero) is 1. The van der Waals surface area contributed by atoms with E-state index in [0.29, 0.717) is 22.9 Å². The van der Waals surface area contributed by atoms with Crippen molar-refractivity contribution in [1.82, 2.24) is 4.98 Å². The Balaban J connectivity index is 2.65. The lowest BCUT2D eigenvalue weighted by Crippen LogP contribution is -2.06. The van der Waals surface area contributed by atoms with Gasteiger partial charge in [-0.1, -0.05) is 38.3 Å². The molecule has 0 aliphatic heterocycles. The molecule has 0 saturated heterocycles. The molecular formula is C12H16ClNO. The molecule has 3 heteroatoms. The molecular weight excluding hydrogens is 210 g/mol. The lowest BCUT2D eigenvalue weighted by Gasteiger charge is -2.09. The van der Waals surface area contributed by atoms with E-state index >= 15 is 0 Å². The molecule has 82 valence electrons. The van der Waals surface area contributed by atoms with E-state index in [-0.39, 0.29) is 5.78 Å². The first kappa shape index (κ1) is 12.2. The standard InChI is InChI=1S/C12H16ClNO/c1-3-4-9(2)7-12(15)10-5-6-14-8-11(10)13/h5-6,8-9H,3-4,7H2,1-2H3. The number of hydrogen-bond acceptors (Lipinski definition) is 2. The highest BCUT2D eigenvalue weighted by molar-refractivity contribution is 6.33. The number of carbonyl (C=O) groups is 1. The van der Waals surface area contributed by atoms with Crippen molar-refractivity contribution in [2.75, 3.05) is 0 Å². The minimum Gasteiger partial charge on any atom is -0.294 e. The van der Waals surface area contributed by atoms with E-state index in [0.717, 1.165) is 12.8 Å². The summed E-state index contributed by atoms with van der Waals surface area (Å²) in [5, 5.41) is 0.450. The van der Waals surface area contributed by atoms with E-state index in [1.807, 2.05) is 0 Å². The smallest absolute Gasteiger partial charge is 0.164 e. The first-order valence-corrected chi connectivity index (χ1v) is 5.65. The van der Waals surface area contributed by atoms with Gasteiger partial charge < -0.3 is 0 Å². The zero-order valence-electron chi connectivity index (χ0n) is 9.16. The molecule has 15 heavy (non-hydrogen) atoms. The molecule has 0 spiro atoms. The maximum atomic E-state index is 11.8. The number of nitrogens with zero attached hydrogens (tertiary/aromatic N) is 1. The summed E-state index contributed by atoms with van der Waals surface area (Å²) in [7, 11) is 0. The van der Waals surface area contributed by atoms with Gasteiger partial charge in [-0.05, 0) is 12.0 Å². The molecule has 1 aromatic heterocycles. The van der Waals surface area contributed by atoms with E-state index in [2.05, 4.69) is 18.8 Å². The quantitative estimate of drug-likeness (QED) is 0.715. The fourth-order valence-electron chi connectivity index (χ4n) is 1.62. The van der Waals surface area contributed by atoms with E-state index in [1.165, 1.54) is 6.20 Å². The Morgan fingerprint density at radius 2 is 2.33 bits per heavy atom. The molecule has 1 heterocycles. The van der Waals surface area contributed by atoms with Crippen LogP contribution in [0.25, 0.3) is 0 Å². The molecule has 1 rings (SSSR count). The summed E-state index contributed by atoms with van der Waals surface area (Å²) >= 11 is 5.90. The lowest BCUT2D eigenvalue weighted by molar-refractivity contribution is 0.0962. The third kappa shape index (κ3) is 3.63. The molecule has 1 aromatic rings.